The van der Waals surface area contributed by atoms with Crippen molar-refractivity contribution in [3.05, 3.63) is 78.9 Å². The lowest BCUT2D eigenvalue weighted by Gasteiger charge is -2.31. The third-order valence-corrected chi connectivity index (χ3v) is 3.74. The second-order valence-corrected chi connectivity index (χ2v) is 5.84. The van der Waals surface area contributed by atoms with Crippen LogP contribution in [0.1, 0.15) is 13.8 Å². The molecular formula is C21H21NO2. The number of rotatable bonds is 5. The van der Waals surface area contributed by atoms with Gasteiger partial charge in [0.2, 0.25) is 0 Å². The van der Waals surface area contributed by atoms with Crippen LogP contribution in [0.3, 0.4) is 0 Å². The van der Waals surface area contributed by atoms with Crippen LogP contribution in [0.15, 0.2) is 78.9 Å². The number of ether oxygens (including phenoxy) is 1. The molecule has 3 aromatic carbocycles. The maximum absolute atomic E-state index is 10.5. The van der Waals surface area contributed by atoms with Gasteiger partial charge in [-0.05, 0) is 50.2 Å². The summed E-state index contributed by atoms with van der Waals surface area (Å²) in [6.07, 6.45) is 0. The van der Waals surface area contributed by atoms with Crippen LogP contribution in [0.4, 0.5) is 11.4 Å². The molecule has 0 bridgehead atoms. The Morgan fingerprint density at radius 3 is 2.04 bits per heavy atom. The second-order valence-electron chi connectivity index (χ2n) is 5.84. The van der Waals surface area contributed by atoms with Crippen LogP contribution >= 0.6 is 0 Å². The quantitative estimate of drug-likeness (QED) is 0.651. The van der Waals surface area contributed by atoms with E-state index in [4.69, 9.17) is 4.74 Å². The molecule has 0 atom stereocenters. The smallest absolute Gasteiger partial charge is 0.154 e. The minimum absolute atomic E-state index is 0.152. The molecule has 3 aromatic rings. The first kappa shape index (κ1) is 15.9. The topological polar surface area (TPSA) is 32.7 Å². The summed E-state index contributed by atoms with van der Waals surface area (Å²) in [6, 6.07) is 25.1. The van der Waals surface area contributed by atoms with Crippen LogP contribution in [0.25, 0.3) is 0 Å². The van der Waals surface area contributed by atoms with Crippen LogP contribution in [-0.4, -0.2) is 11.1 Å². The summed E-state index contributed by atoms with van der Waals surface area (Å²) in [5, 5.41) is 10.5. The third kappa shape index (κ3) is 3.35. The van der Waals surface area contributed by atoms with Gasteiger partial charge in [-0.2, -0.15) is 0 Å². The molecule has 122 valence electrons. The van der Waals surface area contributed by atoms with Crippen molar-refractivity contribution < 1.29 is 9.84 Å². The van der Waals surface area contributed by atoms with Crippen molar-refractivity contribution in [1.82, 2.24) is 0 Å². The largest absolute Gasteiger partial charge is 0.506 e. The first-order valence-corrected chi connectivity index (χ1v) is 8.06. The van der Waals surface area contributed by atoms with Gasteiger partial charge in [-0.25, -0.2) is 0 Å². The molecule has 0 aliphatic rings. The average Bonchev–Trinajstić information content (AvgIpc) is 2.59. The van der Waals surface area contributed by atoms with Crippen LogP contribution in [0, 0.1) is 0 Å². The Bertz CT molecular complexity index is 785. The third-order valence-electron chi connectivity index (χ3n) is 3.74. The van der Waals surface area contributed by atoms with Gasteiger partial charge in [0.15, 0.2) is 5.75 Å². The molecule has 0 heterocycles. The number of benzene rings is 3. The second kappa shape index (κ2) is 7.09. The van der Waals surface area contributed by atoms with E-state index in [2.05, 4.69) is 18.7 Å². The lowest BCUT2D eigenvalue weighted by atomic mass is 10.1. The number of para-hydroxylation sites is 3. The van der Waals surface area contributed by atoms with Gasteiger partial charge in [0.1, 0.15) is 17.2 Å². The molecule has 24 heavy (non-hydrogen) atoms. The summed E-state index contributed by atoms with van der Waals surface area (Å²) in [4.78, 5) is 2.08. The fraction of sp³-hybridized carbons (Fsp3) is 0.143. The molecule has 0 saturated carbocycles. The molecule has 3 heteroatoms. The van der Waals surface area contributed by atoms with Gasteiger partial charge in [-0.15, -0.1) is 0 Å². The highest BCUT2D eigenvalue weighted by molar-refractivity contribution is 5.76. The van der Waals surface area contributed by atoms with Crippen LogP contribution in [0.5, 0.6) is 17.2 Å². The van der Waals surface area contributed by atoms with Crippen molar-refractivity contribution in [2.45, 2.75) is 19.9 Å². The predicted molar refractivity (Wildman–Crippen MR) is 98.3 cm³/mol. The van der Waals surface area contributed by atoms with Crippen LogP contribution < -0.4 is 9.64 Å². The molecule has 0 saturated heterocycles. The Morgan fingerprint density at radius 2 is 1.42 bits per heavy atom. The molecular weight excluding hydrogens is 298 g/mol. The first-order chi connectivity index (χ1) is 11.7. The first-order valence-electron chi connectivity index (χ1n) is 8.06. The summed E-state index contributed by atoms with van der Waals surface area (Å²) < 4.78 is 6.04. The van der Waals surface area contributed by atoms with Crippen molar-refractivity contribution in [3.8, 4) is 17.2 Å². The normalized spacial score (nSPS) is 10.6. The molecule has 0 spiro atoms. The summed E-state index contributed by atoms with van der Waals surface area (Å²) in [5.41, 5.74) is 1.68. The fourth-order valence-electron chi connectivity index (χ4n) is 2.72. The van der Waals surface area contributed by atoms with Crippen molar-refractivity contribution in [1.29, 1.82) is 0 Å². The summed E-state index contributed by atoms with van der Waals surface area (Å²) in [6.45, 7) is 4.18. The van der Waals surface area contributed by atoms with Gasteiger partial charge in [0, 0.05) is 11.7 Å². The molecule has 1 N–H and O–H groups in total. The van der Waals surface area contributed by atoms with E-state index in [1.807, 2.05) is 66.7 Å². The number of phenols is 1. The SMILES string of the molecule is CC(C)N(c1ccccc1)c1c(O)cccc1Oc1ccccc1. The molecule has 0 aromatic heterocycles. The number of nitrogens with zero attached hydrogens (tertiary/aromatic N) is 1. The number of phenolic OH excluding ortho intramolecular Hbond substituents is 1. The fourth-order valence-corrected chi connectivity index (χ4v) is 2.72. The number of aromatic hydroxyl groups is 1. The molecule has 0 fully saturated rings. The highest BCUT2D eigenvalue weighted by atomic mass is 16.5. The number of anilines is 2. The minimum atomic E-state index is 0.152. The summed E-state index contributed by atoms with van der Waals surface area (Å²) in [7, 11) is 0. The minimum Gasteiger partial charge on any atom is -0.506 e. The summed E-state index contributed by atoms with van der Waals surface area (Å²) >= 11 is 0. The van der Waals surface area contributed by atoms with Gasteiger partial charge in [0.05, 0.1) is 0 Å². The van der Waals surface area contributed by atoms with Gasteiger partial charge in [-0.1, -0.05) is 42.5 Å². The maximum atomic E-state index is 10.5. The number of hydrogen-bond donors (Lipinski definition) is 1. The van der Waals surface area contributed by atoms with Crippen molar-refractivity contribution >= 4 is 11.4 Å². The van der Waals surface area contributed by atoms with E-state index >= 15 is 0 Å². The zero-order chi connectivity index (χ0) is 16.9. The number of hydrogen-bond acceptors (Lipinski definition) is 3. The van der Waals surface area contributed by atoms with Crippen molar-refractivity contribution in [2.24, 2.45) is 0 Å². The monoisotopic (exact) mass is 319 g/mol. The highest BCUT2D eigenvalue weighted by Gasteiger charge is 2.21. The molecule has 0 amide bonds. The van der Waals surface area contributed by atoms with Gasteiger partial charge >= 0.3 is 0 Å². The van der Waals surface area contributed by atoms with Crippen LogP contribution in [0.2, 0.25) is 0 Å². The predicted octanol–water partition coefficient (Wildman–Crippen LogP) is 5.73. The zero-order valence-electron chi connectivity index (χ0n) is 13.9. The molecule has 0 aliphatic heterocycles. The van der Waals surface area contributed by atoms with Crippen molar-refractivity contribution in [3.63, 3.8) is 0 Å². The molecule has 0 unspecified atom stereocenters. The molecule has 0 radical (unpaired) electrons. The van der Waals surface area contributed by atoms with Gasteiger partial charge < -0.3 is 14.7 Å². The lowest BCUT2D eigenvalue weighted by molar-refractivity contribution is 0.454. The Morgan fingerprint density at radius 1 is 0.792 bits per heavy atom. The molecule has 0 aliphatic carbocycles. The highest BCUT2D eigenvalue weighted by Crippen LogP contribution is 2.43. The zero-order valence-corrected chi connectivity index (χ0v) is 13.9. The van der Waals surface area contributed by atoms with E-state index in [1.165, 1.54) is 0 Å². The average molecular weight is 319 g/mol. The Hall–Kier alpha value is -2.94. The van der Waals surface area contributed by atoms with E-state index in [9.17, 15) is 5.11 Å². The Labute approximate surface area is 142 Å². The Balaban J connectivity index is 2.08. The standard InChI is InChI=1S/C21H21NO2/c1-16(2)22(17-10-5-3-6-11-17)21-19(23)14-9-15-20(21)24-18-12-7-4-8-13-18/h3-16,23H,1-2H3. The van der Waals surface area contributed by atoms with E-state index < -0.39 is 0 Å². The summed E-state index contributed by atoms with van der Waals surface area (Å²) in [5.74, 6) is 1.56. The lowest BCUT2D eigenvalue weighted by Crippen LogP contribution is -2.25. The van der Waals surface area contributed by atoms with E-state index in [-0.39, 0.29) is 11.8 Å². The van der Waals surface area contributed by atoms with Crippen molar-refractivity contribution in [2.75, 3.05) is 4.90 Å². The van der Waals surface area contributed by atoms with Gasteiger partial charge in [0.25, 0.3) is 0 Å². The van der Waals surface area contributed by atoms with E-state index in [0.29, 0.717) is 11.4 Å². The Kier molecular flexibility index (Phi) is 4.71. The van der Waals surface area contributed by atoms with Crippen LogP contribution in [-0.2, 0) is 0 Å². The van der Waals surface area contributed by atoms with E-state index in [0.717, 1.165) is 11.4 Å². The molecule has 3 rings (SSSR count). The van der Waals surface area contributed by atoms with E-state index in [1.54, 1.807) is 12.1 Å². The maximum Gasteiger partial charge on any atom is 0.154 e. The van der Waals surface area contributed by atoms with Gasteiger partial charge in [-0.3, -0.25) is 0 Å². The molecule has 3 nitrogen and oxygen atoms in total.